The van der Waals surface area contributed by atoms with Crippen LogP contribution in [0.1, 0.15) is 116 Å². The number of nitrogens with one attached hydrogen (secondary N) is 2. The summed E-state index contributed by atoms with van der Waals surface area (Å²) >= 11 is 1.15. The molecule has 0 fully saturated rings. The first kappa shape index (κ1) is 42.1. The minimum atomic E-state index is -3.44. The monoisotopic (exact) mass is 777 g/mol. The van der Waals surface area contributed by atoms with E-state index >= 15 is 0 Å². The van der Waals surface area contributed by atoms with E-state index in [1.807, 2.05) is 30.5 Å². The number of ether oxygens (including phenoxy) is 1. The number of rotatable bonds is 27. The summed E-state index contributed by atoms with van der Waals surface area (Å²) in [5.74, 6) is 0.433. The third kappa shape index (κ3) is 20.8. The van der Waals surface area contributed by atoms with Crippen LogP contribution in [-0.2, 0) is 21.3 Å². The predicted octanol–water partition coefficient (Wildman–Crippen LogP) is 5.16. The Balaban J connectivity index is 0.0000101. The largest absolute Gasteiger partial charge is 1.00 e. The molecule has 1 heterocycles. The van der Waals surface area contributed by atoms with Crippen molar-refractivity contribution in [3.05, 3.63) is 42.6 Å². The Morgan fingerprint density at radius 1 is 0.822 bits per heavy atom. The summed E-state index contributed by atoms with van der Waals surface area (Å²) in [6.07, 6.45) is 23.4. The highest BCUT2D eigenvalue weighted by molar-refractivity contribution is 8.13. The van der Waals surface area contributed by atoms with E-state index in [-0.39, 0.29) is 47.6 Å². The Morgan fingerprint density at radius 2 is 1.38 bits per heavy atom. The number of pyridine rings is 1. The zero-order valence-electron chi connectivity index (χ0n) is 27.9. The van der Waals surface area contributed by atoms with Crippen molar-refractivity contribution in [2.24, 2.45) is 0 Å². The summed E-state index contributed by atoms with van der Waals surface area (Å²) in [4.78, 5) is 12.2. The van der Waals surface area contributed by atoms with E-state index in [1.54, 1.807) is 7.11 Å². The molecule has 0 aliphatic rings. The van der Waals surface area contributed by atoms with E-state index in [1.165, 1.54) is 89.9 Å². The smallest absolute Gasteiger partial charge is 0.279 e. The Hall–Kier alpha value is -0.950. The number of thioether (sulfide) groups is 1. The van der Waals surface area contributed by atoms with Gasteiger partial charge in [-0.15, -0.1) is 0 Å². The van der Waals surface area contributed by atoms with Crippen molar-refractivity contribution < 1.29 is 46.5 Å². The molecule has 1 aromatic carbocycles. The molecule has 2 N–H and O–H groups in total. The van der Waals surface area contributed by atoms with Gasteiger partial charge in [-0.25, -0.2) is 13.1 Å². The number of hydrogen-bond donors (Lipinski definition) is 2. The van der Waals surface area contributed by atoms with E-state index in [0.29, 0.717) is 25.3 Å². The fourth-order valence-electron chi connectivity index (χ4n) is 5.43. The average Bonchev–Trinajstić information content (AvgIpc) is 3.02. The van der Waals surface area contributed by atoms with Crippen molar-refractivity contribution in [2.75, 3.05) is 31.7 Å². The van der Waals surface area contributed by atoms with Crippen LogP contribution in [0.3, 0.4) is 0 Å². The molecule has 0 saturated carbocycles. The number of halogens is 1. The van der Waals surface area contributed by atoms with E-state index in [0.717, 1.165) is 35.5 Å². The molecule has 258 valence electrons. The van der Waals surface area contributed by atoms with E-state index in [2.05, 4.69) is 33.7 Å². The average molecular weight is 778 g/mol. The molecule has 2 aromatic rings. The number of hydrogen-bond acceptors (Lipinski definition) is 5. The van der Waals surface area contributed by atoms with Crippen LogP contribution in [0.25, 0.3) is 10.9 Å². The fraction of sp³-hybridized carbons (Fsp3) is 0.714. The standard InChI is InChI=1S/C35H59N3O4S2.HI/c1-3-4-5-6-7-8-9-10-11-12-13-14-15-16-17-20-26-36-35(39)43-31-33(42-2)30-37-44(40,41)29-22-28-38-27-21-24-32-23-18-19-25-34(32)38;/h18-19,21,23-25,27,33,37H,3-17,20,22,26,28-31H2,1-2H3;1H. The number of nitrogens with zero attached hydrogens (tertiary/aromatic N) is 1. The molecule has 0 spiro atoms. The van der Waals surface area contributed by atoms with Crippen molar-refractivity contribution in [3.8, 4) is 0 Å². The molecular weight excluding hydrogens is 717 g/mol. The molecule has 0 aliphatic carbocycles. The van der Waals surface area contributed by atoms with Gasteiger partial charge in [-0.1, -0.05) is 127 Å². The summed E-state index contributed by atoms with van der Waals surface area (Å²) in [7, 11) is -1.89. The van der Waals surface area contributed by atoms with Gasteiger partial charge in [0.05, 0.1) is 11.9 Å². The third-order valence-corrected chi connectivity index (χ3v) is 10.5. The number of carbonyl (C=O) groups excluding carboxylic acids is 1. The lowest BCUT2D eigenvalue weighted by molar-refractivity contribution is -0.671. The molecule has 1 amide bonds. The highest BCUT2D eigenvalue weighted by atomic mass is 127. The first-order chi connectivity index (χ1) is 21.4. The SMILES string of the molecule is CCCCCCCCCCCCCCCCCCNC(=O)SCC(CNS(=O)(=O)CCC[n+]1cccc2ccccc21)OC.[I-]. The lowest BCUT2D eigenvalue weighted by atomic mass is 10.0. The van der Waals surface area contributed by atoms with Gasteiger partial charge < -0.3 is 34.0 Å². The number of para-hydroxylation sites is 1. The zero-order valence-corrected chi connectivity index (χ0v) is 31.7. The van der Waals surface area contributed by atoms with Gasteiger partial charge in [-0.2, -0.15) is 4.57 Å². The van der Waals surface area contributed by atoms with Gasteiger partial charge in [0.15, 0.2) is 6.20 Å². The van der Waals surface area contributed by atoms with Crippen molar-refractivity contribution in [1.29, 1.82) is 0 Å². The fourth-order valence-corrected chi connectivity index (χ4v) is 7.32. The number of benzene rings is 1. The molecule has 0 bridgehead atoms. The van der Waals surface area contributed by atoms with Crippen LogP contribution >= 0.6 is 11.8 Å². The molecular formula is C35H60IN3O4S2. The van der Waals surface area contributed by atoms with Crippen molar-refractivity contribution in [2.45, 2.75) is 129 Å². The number of amides is 1. The van der Waals surface area contributed by atoms with Crippen LogP contribution in [0.4, 0.5) is 4.79 Å². The predicted molar refractivity (Wildman–Crippen MR) is 187 cm³/mol. The number of aryl methyl sites for hydroxylation is 1. The van der Waals surface area contributed by atoms with Gasteiger partial charge in [-0.05, 0) is 18.6 Å². The lowest BCUT2D eigenvalue weighted by Crippen LogP contribution is -3.00. The summed E-state index contributed by atoms with van der Waals surface area (Å²) in [5.41, 5.74) is 1.09. The molecule has 0 radical (unpaired) electrons. The molecule has 0 aliphatic heterocycles. The Bertz CT molecular complexity index is 1130. The molecule has 10 heteroatoms. The van der Waals surface area contributed by atoms with Crippen LogP contribution in [0.15, 0.2) is 42.6 Å². The molecule has 1 aromatic heterocycles. The summed E-state index contributed by atoms with van der Waals surface area (Å²) < 4.78 is 35.3. The third-order valence-electron chi connectivity index (χ3n) is 8.16. The summed E-state index contributed by atoms with van der Waals surface area (Å²) in [6, 6.07) is 12.1. The normalized spacial score (nSPS) is 12.2. The number of sulfonamides is 1. The number of unbranched alkanes of at least 4 members (excludes halogenated alkanes) is 15. The number of aromatic nitrogens is 1. The summed E-state index contributed by atoms with van der Waals surface area (Å²) in [5, 5.41) is 4.02. The van der Waals surface area contributed by atoms with Crippen molar-refractivity contribution in [1.82, 2.24) is 10.0 Å². The van der Waals surface area contributed by atoms with Crippen molar-refractivity contribution >= 4 is 37.9 Å². The first-order valence-corrected chi connectivity index (χ1v) is 19.9. The van der Waals surface area contributed by atoms with Gasteiger partial charge >= 0.3 is 0 Å². The maximum Gasteiger partial charge on any atom is 0.279 e. The number of fused-ring (bicyclic) bond motifs is 1. The Morgan fingerprint density at radius 3 is 1.98 bits per heavy atom. The van der Waals surface area contributed by atoms with Crippen LogP contribution < -0.4 is 38.6 Å². The minimum Gasteiger partial charge on any atom is -1.00 e. The second-order valence-corrected chi connectivity index (χ2v) is 14.9. The zero-order chi connectivity index (χ0) is 31.7. The van der Waals surface area contributed by atoms with E-state index < -0.39 is 10.0 Å². The highest BCUT2D eigenvalue weighted by Gasteiger charge is 2.17. The van der Waals surface area contributed by atoms with Crippen LogP contribution in [0.5, 0.6) is 0 Å². The Labute approximate surface area is 295 Å². The topological polar surface area (TPSA) is 88.4 Å². The second-order valence-electron chi connectivity index (χ2n) is 12.0. The van der Waals surface area contributed by atoms with Gasteiger partial charge in [0, 0.05) is 49.9 Å². The second kappa shape index (κ2) is 27.0. The maximum absolute atomic E-state index is 12.6. The molecule has 7 nitrogen and oxygen atoms in total. The van der Waals surface area contributed by atoms with E-state index in [9.17, 15) is 13.2 Å². The molecule has 2 rings (SSSR count). The van der Waals surface area contributed by atoms with Gasteiger partial charge in [0.1, 0.15) is 6.54 Å². The van der Waals surface area contributed by atoms with Gasteiger partial charge in [0.25, 0.3) is 5.24 Å². The summed E-state index contributed by atoms with van der Waals surface area (Å²) in [6.45, 7) is 3.73. The van der Waals surface area contributed by atoms with Crippen LogP contribution in [-0.4, -0.2) is 51.5 Å². The van der Waals surface area contributed by atoms with Crippen LogP contribution in [0.2, 0.25) is 0 Å². The molecule has 45 heavy (non-hydrogen) atoms. The van der Waals surface area contributed by atoms with Gasteiger partial charge in [0.2, 0.25) is 15.5 Å². The lowest BCUT2D eigenvalue weighted by Gasteiger charge is -2.15. The number of methoxy groups -OCH3 is 1. The van der Waals surface area contributed by atoms with E-state index in [4.69, 9.17) is 4.74 Å². The number of carbonyl (C=O) groups is 1. The molecule has 1 atom stereocenters. The molecule has 1 unspecified atom stereocenters. The highest BCUT2D eigenvalue weighted by Crippen LogP contribution is 2.14. The van der Waals surface area contributed by atoms with Crippen LogP contribution in [0, 0.1) is 0 Å². The van der Waals surface area contributed by atoms with Gasteiger partial charge in [-0.3, -0.25) is 4.79 Å². The maximum atomic E-state index is 12.6. The quantitative estimate of drug-likeness (QED) is 0.0745. The molecule has 0 saturated heterocycles. The Kier molecular flexibility index (Phi) is 25.3. The van der Waals surface area contributed by atoms with Crippen molar-refractivity contribution in [3.63, 3.8) is 0 Å². The minimum absolute atomic E-state index is 0. The first-order valence-electron chi connectivity index (χ1n) is 17.2.